The van der Waals surface area contributed by atoms with E-state index < -0.39 is 0 Å². The molecular formula is C31H44N2. The van der Waals surface area contributed by atoms with Gasteiger partial charge in [-0.1, -0.05) is 45.9 Å². The van der Waals surface area contributed by atoms with Gasteiger partial charge in [0.2, 0.25) is 0 Å². The monoisotopic (exact) mass is 444 g/mol. The third-order valence-electron chi connectivity index (χ3n) is 7.22. The Morgan fingerprint density at radius 3 is 1.91 bits per heavy atom. The second-order valence-corrected chi connectivity index (χ2v) is 9.14. The lowest BCUT2D eigenvalue weighted by Crippen LogP contribution is -2.07. The highest BCUT2D eigenvalue weighted by molar-refractivity contribution is 6.06. The number of rotatable bonds is 2. The first-order valence-corrected chi connectivity index (χ1v) is 13.4. The van der Waals surface area contributed by atoms with Gasteiger partial charge in [0.25, 0.3) is 0 Å². The number of hydrogen-bond donors (Lipinski definition) is 1. The van der Waals surface area contributed by atoms with Crippen molar-refractivity contribution in [2.75, 3.05) is 0 Å². The fourth-order valence-corrected chi connectivity index (χ4v) is 5.79. The fraction of sp³-hybridized carbons (Fsp3) is 0.516. The second-order valence-electron chi connectivity index (χ2n) is 9.14. The van der Waals surface area contributed by atoms with Crippen LogP contribution in [-0.2, 0) is 12.8 Å². The van der Waals surface area contributed by atoms with Crippen LogP contribution in [0.5, 0.6) is 0 Å². The minimum Gasteiger partial charge on any atom is -0.358 e. The molecule has 0 atom stereocenters. The zero-order chi connectivity index (χ0) is 24.1. The molecule has 2 aromatic rings. The molecule has 1 N–H and O–H groups in total. The molecule has 0 unspecified atom stereocenters. The lowest BCUT2D eigenvalue weighted by atomic mass is 9.83. The number of aromatic amines is 1. The summed E-state index contributed by atoms with van der Waals surface area (Å²) in [4.78, 5) is 9.07. The number of aliphatic imine (C=N–C) groups is 1. The number of benzene rings is 1. The normalized spacial score (nSPS) is 18.4. The Morgan fingerprint density at radius 1 is 0.727 bits per heavy atom. The van der Waals surface area contributed by atoms with Crippen LogP contribution in [0.4, 0.5) is 0 Å². The van der Waals surface area contributed by atoms with E-state index in [4.69, 9.17) is 4.99 Å². The number of nitrogens with zero attached hydrogens (tertiary/aromatic N) is 1. The van der Waals surface area contributed by atoms with Gasteiger partial charge in [-0.2, -0.15) is 0 Å². The molecule has 0 spiro atoms. The molecular weight excluding hydrogens is 400 g/mol. The van der Waals surface area contributed by atoms with Crippen molar-refractivity contribution in [3.8, 4) is 0 Å². The number of fused-ring (bicyclic) bond motifs is 1. The first kappa shape index (κ1) is 25.3. The van der Waals surface area contributed by atoms with E-state index in [-0.39, 0.29) is 0 Å². The summed E-state index contributed by atoms with van der Waals surface area (Å²) in [6, 6.07) is 6.69. The van der Waals surface area contributed by atoms with Crippen molar-refractivity contribution in [3.05, 3.63) is 74.2 Å². The predicted octanol–water partition coefficient (Wildman–Crippen LogP) is 8.98. The summed E-state index contributed by atoms with van der Waals surface area (Å²) in [5, 5.41) is 0. The molecule has 2 heterocycles. The highest BCUT2D eigenvalue weighted by Crippen LogP contribution is 2.45. The minimum absolute atomic E-state index is 1.17. The lowest BCUT2D eigenvalue weighted by Gasteiger charge is -2.21. The van der Waals surface area contributed by atoms with Gasteiger partial charge >= 0.3 is 0 Å². The fourth-order valence-electron chi connectivity index (χ4n) is 5.79. The van der Waals surface area contributed by atoms with Gasteiger partial charge in [-0.15, -0.1) is 0 Å². The van der Waals surface area contributed by atoms with Gasteiger partial charge in [0.15, 0.2) is 0 Å². The Labute approximate surface area is 202 Å². The van der Waals surface area contributed by atoms with E-state index >= 15 is 0 Å². The molecule has 0 saturated carbocycles. The Bertz CT molecular complexity index is 1070. The molecule has 1 aromatic heterocycles. The summed E-state index contributed by atoms with van der Waals surface area (Å²) in [5.41, 5.74) is 16.8. The molecule has 2 aliphatic carbocycles. The van der Waals surface area contributed by atoms with Crippen molar-refractivity contribution in [2.45, 2.75) is 107 Å². The maximum absolute atomic E-state index is 5.23. The number of allylic oxidation sites excluding steroid dienone is 2. The second kappa shape index (κ2) is 11.2. The van der Waals surface area contributed by atoms with Gasteiger partial charge in [-0.05, 0) is 118 Å². The van der Waals surface area contributed by atoms with E-state index in [1.165, 1.54) is 108 Å². The van der Waals surface area contributed by atoms with E-state index in [1.54, 1.807) is 11.1 Å². The zero-order valence-electron chi connectivity index (χ0n) is 22.3. The standard InChI is InChI=1S/C27H32N2.2C2H6/c1-16-10-9-11-17(2)24(16)25(26-22-14-7-5-12-20(22)18(3)28-26)27-23-15-8-6-13-21(23)19(4)29-27;2*1-2/h9-11,28H,5-8,12-15H2,1-4H3;2*1-2H3/b27-25-;;. The van der Waals surface area contributed by atoms with Crippen molar-refractivity contribution >= 4 is 11.3 Å². The van der Waals surface area contributed by atoms with E-state index in [1.807, 2.05) is 27.7 Å². The lowest BCUT2D eigenvalue weighted by molar-refractivity contribution is 0.686. The smallest absolute Gasteiger partial charge is 0.0767 e. The van der Waals surface area contributed by atoms with Crippen LogP contribution in [0.3, 0.4) is 0 Å². The summed E-state index contributed by atoms with van der Waals surface area (Å²) < 4.78 is 0. The topological polar surface area (TPSA) is 28.1 Å². The number of nitrogens with one attached hydrogen (secondary N) is 1. The Kier molecular flexibility index (Phi) is 8.57. The Morgan fingerprint density at radius 2 is 1.27 bits per heavy atom. The quantitative estimate of drug-likeness (QED) is 0.479. The molecule has 3 aliphatic rings. The third kappa shape index (κ3) is 4.67. The van der Waals surface area contributed by atoms with Crippen molar-refractivity contribution in [2.24, 2.45) is 4.99 Å². The van der Waals surface area contributed by atoms with Crippen molar-refractivity contribution in [1.29, 1.82) is 0 Å². The van der Waals surface area contributed by atoms with Crippen molar-refractivity contribution < 1.29 is 0 Å². The molecule has 33 heavy (non-hydrogen) atoms. The van der Waals surface area contributed by atoms with Crippen LogP contribution in [0.1, 0.15) is 112 Å². The highest BCUT2D eigenvalue weighted by Gasteiger charge is 2.31. The van der Waals surface area contributed by atoms with Crippen molar-refractivity contribution in [1.82, 2.24) is 4.98 Å². The van der Waals surface area contributed by atoms with Gasteiger partial charge in [0.1, 0.15) is 0 Å². The molecule has 0 radical (unpaired) electrons. The number of hydrogen-bond acceptors (Lipinski definition) is 1. The van der Waals surface area contributed by atoms with E-state index in [0.717, 1.165) is 0 Å². The van der Waals surface area contributed by atoms with Crippen LogP contribution in [-0.4, -0.2) is 10.7 Å². The molecule has 0 saturated heterocycles. The maximum atomic E-state index is 5.23. The third-order valence-corrected chi connectivity index (χ3v) is 7.22. The van der Waals surface area contributed by atoms with Gasteiger partial charge in [-0.25, -0.2) is 0 Å². The maximum Gasteiger partial charge on any atom is 0.0767 e. The average molecular weight is 445 g/mol. The molecule has 2 nitrogen and oxygen atoms in total. The first-order chi connectivity index (χ1) is 16.1. The predicted molar refractivity (Wildman–Crippen MR) is 145 cm³/mol. The molecule has 0 amide bonds. The number of aromatic nitrogens is 1. The molecule has 2 heteroatoms. The van der Waals surface area contributed by atoms with E-state index in [0.29, 0.717) is 0 Å². The Balaban J connectivity index is 0.000000728. The van der Waals surface area contributed by atoms with Crippen molar-refractivity contribution in [3.63, 3.8) is 0 Å². The summed E-state index contributed by atoms with van der Waals surface area (Å²) in [7, 11) is 0. The van der Waals surface area contributed by atoms with Gasteiger partial charge in [-0.3, -0.25) is 4.99 Å². The SMILES string of the molecule is CC.CC.CC1=N/C(=C(\c2[nH]c(C)c3c2CCCC3)c2c(C)cccc2C)C2=C1CCCC2. The zero-order valence-corrected chi connectivity index (χ0v) is 22.3. The van der Waals surface area contributed by atoms with Gasteiger partial charge < -0.3 is 4.98 Å². The van der Waals surface area contributed by atoms with Crippen LogP contribution in [0, 0.1) is 20.8 Å². The first-order valence-electron chi connectivity index (χ1n) is 13.4. The molecule has 1 aliphatic heterocycles. The molecule has 0 fully saturated rings. The minimum atomic E-state index is 1.17. The van der Waals surface area contributed by atoms with E-state index in [9.17, 15) is 0 Å². The Hall–Kier alpha value is -2.35. The average Bonchev–Trinajstić information content (AvgIpc) is 3.36. The number of aryl methyl sites for hydroxylation is 3. The van der Waals surface area contributed by atoms with Crippen LogP contribution < -0.4 is 0 Å². The molecule has 1 aromatic carbocycles. The molecule has 178 valence electrons. The van der Waals surface area contributed by atoms with E-state index in [2.05, 4.69) is 50.9 Å². The summed E-state index contributed by atoms with van der Waals surface area (Å²) in [5.74, 6) is 0. The van der Waals surface area contributed by atoms with Gasteiger partial charge in [0, 0.05) is 17.0 Å². The summed E-state index contributed by atoms with van der Waals surface area (Å²) in [6.45, 7) is 17.0. The largest absolute Gasteiger partial charge is 0.358 e. The van der Waals surface area contributed by atoms with Crippen LogP contribution in [0.15, 0.2) is 40.0 Å². The summed E-state index contributed by atoms with van der Waals surface area (Å²) >= 11 is 0. The van der Waals surface area contributed by atoms with Crippen LogP contribution >= 0.6 is 0 Å². The van der Waals surface area contributed by atoms with Crippen LogP contribution in [0.2, 0.25) is 0 Å². The molecule has 0 bridgehead atoms. The number of H-pyrrole nitrogens is 1. The van der Waals surface area contributed by atoms with Gasteiger partial charge in [0.05, 0.1) is 11.4 Å². The highest BCUT2D eigenvalue weighted by atomic mass is 14.8. The molecule has 5 rings (SSSR count). The van der Waals surface area contributed by atoms with Crippen LogP contribution in [0.25, 0.3) is 5.57 Å². The summed E-state index contributed by atoms with van der Waals surface area (Å²) in [6.07, 6.45) is 9.95.